The second kappa shape index (κ2) is 4.70. The van der Waals surface area contributed by atoms with Gasteiger partial charge in [0.15, 0.2) is 0 Å². The zero-order valence-electron chi connectivity index (χ0n) is 7.88. The highest BCUT2D eigenvalue weighted by molar-refractivity contribution is 9.10. The predicted octanol–water partition coefficient (Wildman–Crippen LogP) is 3.57. The summed E-state index contributed by atoms with van der Waals surface area (Å²) in [6.07, 6.45) is -2.56. The Kier molecular flexibility index (Phi) is 3.79. The number of carboxylic acids is 1. The van der Waals surface area contributed by atoms with Gasteiger partial charge in [-0.1, -0.05) is 28.1 Å². The van der Waals surface area contributed by atoms with Crippen molar-refractivity contribution in [3.8, 4) is 0 Å². The lowest BCUT2D eigenvalue weighted by Gasteiger charge is -2.09. The lowest BCUT2D eigenvalue weighted by Crippen LogP contribution is -2.07. The lowest BCUT2D eigenvalue weighted by atomic mass is 10.0. The van der Waals surface area contributed by atoms with E-state index in [0.29, 0.717) is 5.56 Å². The molecular weight excluding hydrogens is 270 g/mol. The zero-order chi connectivity index (χ0) is 11.6. The normalized spacial score (nSPS) is 12.9. The van der Waals surface area contributed by atoms with E-state index < -0.39 is 18.3 Å². The molecule has 1 aromatic rings. The molecule has 0 aromatic heterocycles. The Bertz CT molecular complexity index is 380. The molecule has 0 aliphatic carbocycles. The molecule has 0 amide bonds. The summed E-state index contributed by atoms with van der Waals surface area (Å²) in [6.45, 7) is 1.51. The summed E-state index contributed by atoms with van der Waals surface area (Å²) in [4.78, 5) is 10.7. The van der Waals surface area contributed by atoms with Crippen molar-refractivity contribution < 1.29 is 18.7 Å². The molecule has 1 unspecified atom stereocenters. The third kappa shape index (κ3) is 2.75. The first-order chi connectivity index (χ1) is 6.93. The highest BCUT2D eigenvalue weighted by Crippen LogP contribution is 2.30. The van der Waals surface area contributed by atoms with E-state index in [4.69, 9.17) is 5.11 Å². The number of carboxylic acid groups (broad SMARTS) is 1. The van der Waals surface area contributed by atoms with E-state index in [1.807, 2.05) is 0 Å². The average molecular weight is 279 g/mol. The predicted molar refractivity (Wildman–Crippen MR) is 55.1 cm³/mol. The van der Waals surface area contributed by atoms with E-state index in [-0.39, 0.29) is 10.0 Å². The first-order valence-corrected chi connectivity index (χ1v) is 5.03. The molecule has 0 aliphatic heterocycles. The molecule has 0 aliphatic rings. The number of hydrogen-bond donors (Lipinski definition) is 1. The summed E-state index contributed by atoms with van der Waals surface area (Å²) in [5, 5.41) is 8.74. The molecule has 0 saturated heterocycles. The van der Waals surface area contributed by atoms with Crippen molar-refractivity contribution >= 4 is 21.9 Å². The van der Waals surface area contributed by atoms with Crippen LogP contribution in [0.2, 0.25) is 0 Å². The van der Waals surface area contributed by atoms with Gasteiger partial charge in [-0.15, -0.1) is 0 Å². The second-order valence-corrected chi connectivity index (χ2v) is 4.00. The van der Waals surface area contributed by atoms with Gasteiger partial charge in [0.2, 0.25) is 0 Å². The summed E-state index contributed by atoms with van der Waals surface area (Å²) in [7, 11) is 0. The standard InChI is InChI=1S/C10H9BrF2O2/c1-5(10(14)15)6-2-3-7(9(12)13)8(11)4-6/h2-5,9H,1H3,(H,14,15). The number of carbonyl (C=O) groups is 1. The molecule has 0 saturated carbocycles. The topological polar surface area (TPSA) is 37.3 Å². The van der Waals surface area contributed by atoms with Crippen molar-refractivity contribution in [3.05, 3.63) is 33.8 Å². The Morgan fingerprint density at radius 1 is 1.47 bits per heavy atom. The Hall–Kier alpha value is -0.970. The van der Waals surface area contributed by atoms with Gasteiger partial charge >= 0.3 is 5.97 Å². The molecule has 1 aromatic carbocycles. The number of halogens is 3. The average Bonchev–Trinajstić information content (AvgIpc) is 2.15. The maximum atomic E-state index is 12.4. The van der Waals surface area contributed by atoms with Crippen LogP contribution in [0, 0.1) is 0 Å². The van der Waals surface area contributed by atoms with E-state index in [9.17, 15) is 13.6 Å². The van der Waals surface area contributed by atoms with E-state index >= 15 is 0 Å². The van der Waals surface area contributed by atoms with Crippen molar-refractivity contribution in [2.24, 2.45) is 0 Å². The van der Waals surface area contributed by atoms with Crippen LogP contribution >= 0.6 is 15.9 Å². The van der Waals surface area contributed by atoms with Crippen molar-refractivity contribution in [1.82, 2.24) is 0 Å². The highest BCUT2D eigenvalue weighted by Gasteiger charge is 2.17. The number of benzene rings is 1. The van der Waals surface area contributed by atoms with Gasteiger partial charge in [0.05, 0.1) is 5.92 Å². The van der Waals surface area contributed by atoms with Gasteiger partial charge in [0.1, 0.15) is 0 Å². The Morgan fingerprint density at radius 3 is 2.47 bits per heavy atom. The molecule has 15 heavy (non-hydrogen) atoms. The fourth-order valence-corrected chi connectivity index (χ4v) is 1.70. The highest BCUT2D eigenvalue weighted by atomic mass is 79.9. The zero-order valence-corrected chi connectivity index (χ0v) is 9.46. The minimum Gasteiger partial charge on any atom is -0.481 e. The quantitative estimate of drug-likeness (QED) is 0.918. The number of hydrogen-bond acceptors (Lipinski definition) is 1. The second-order valence-electron chi connectivity index (χ2n) is 3.14. The van der Waals surface area contributed by atoms with Crippen molar-refractivity contribution in [2.45, 2.75) is 19.3 Å². The SMILES string of the molecule is CC(C(=O)O)c1ccc(C(F)F)c(Br)c1. The van der Waals surface area contributed by atoms with Crippen LogP contribution in [-0.4, -0.2) is 11.1 Å². The Morgan fingerprint density at radius 2 is 2.07 bits per heavy atom. The van der Waals surface area contributed by atoms with Gasteiger partial charge in [-0.05, 0) is 18.6 Å². The van der Waals surface area contributed by atoms with Crippen LogP contribution in [0.25, 0.3) is 0 Å². The van der Waals surface area contributed by atoms with Crippen LogP contribution in [0.3, 0.4) is 0 Å². The first-order valence-electron chi connectivity index (χ1n) is 4.23. The Labute approximate surface area is 94.0 Å². The maximum Gasteiger partial charge on any atom is 0.310 e. The largest absolute Gasteiger partial charge is 0.481 e. The van der Waals surface area contributed by atoms with Crippen LogP contribution in [0.1, 0.15) is 30.4 Å². The third-order valence-corrected chi connectivity index (χ3v) is 2.82. The van der Waals surface area contributed by atoms with Crippen LogP contribution in [0.5, 0.6) is 0 Å². The maximum absolute atomic E-state index is 12.4. The molecule has 0 heterocycles. The number of rotatable bonds is 3. The van der Waals surface area contributed by atoms with E-state index in [0.717, 1.165) is 0 Å². The minimum atomic E-state index is -2.56. The number of alkyl halides is 2. The third-order valence-electron chi connectivity index (χ3n) is 2.13. The molecule has 5 heteroatoms. The van der Waals surface area contributed by atoms with Crippen LogP contribution in [-0.2, 0) is 4.79 Å². The fourth-order valence-electron chi connectivity index (χ4n) is 1.13. The summed E-state index contributed by atoms with van der Waals surface area (Å²) < 4.78 is 25.0. The Balaban J connectivity index is 3.06. The summed E-state index contributed by atoms with van der Waals surface area (Å²) in [5.41, 5.74) is 0.370. The van der Waals surface area contributed by atoms with Gasteiger partial charge in [-0.3, -0.25) is 4.79 Å². The summed E-state index contributed by atoms with van der Waals surface area (Å²) in [5.74, 6) is -1.68. The summed E-state index contributed by atoms with van der Waals surface area (Å²) in [6, 6.07) is 4.06. The van der Waals surface area contributed by atoms with Gasteiger partial charge < -0.3 is 5.11 Å². The van der Waals surface area contributed by atoms with Crippen LogP contribution in [0.4, 0.5) is 8.78 Å². The molecule has 0 spiro atoms. The molecule has 0 bridgehead atoms. The number of aliphatic carboxylic acids is 1. The van der Waals surface area contributed by atoms with Gasteiger partial charge in [-0.2, -0.15) is 0 Å². The fraction of sp³-hybridized carbons (Fsp3) is 0.300. The lowest BCUT2D eigenvalue weighted by molar-refractivity contribution is -0.138. The van der Waals surface area contributed by atoms with Crippen molar-refractivity contribution in [3.63, 3.8) is 0 Å². The molecule has 1 N–H and O–H groups in total. The van der Waals surface area contributed by atoms with Gasteiger partial charge in [0.25, 0.3) is 6.43 Å². The molecule has 1 atom stereocenters. The summed E-state index contributed by atoms with van der Waals surface area (Å²) >= 11 is 2.99. The first kappa shape index (κ1) is 12.1. The molecule has 82 valence electrons. The smallest absolute Gasteiger partial charge is 0.310 e. The van der Waals surface area contributed by atoms with E-state index in [2.05, 4.69) is 15.9 Å². The van der Waals surface area contributed by atoms with Crippen LogP contribution in [0.15, 0.2) is 22.7 Å². The monoisotopic (exact) mass is 278 g/mol. The minimum absolute atomic E-state index is 0.128. The van der Waals surface area contributed by atoms with Crippen molar-refractivity contribution in [1.29, 1.82) is 0 Å². The van der Waals surface area contributed by atoms with Crippen LogP contribution < -0.4 is 0 Å². The van der Waals surface area contributed by atoms with E-state index in [1.54, 1.807) is 0 Å². The molecule has 1 rings (SSSR count). The molecular formula is C10H9BrF2O2. The van der Waals surface area contributed by atoms with Gasteiger partial charge in [-0.25, -0.2) is 8.78 Å². The van der Waals surface area contributed by atoms with Gasteiger partial charge in [0, 0.05) is 10.0 Å². The molecule has 2 nitrogen and oxygen atoms in total. The molecule has 0 fully saturated rings. The molecule has 0 radical (unpaired) electrons. The van der Waals surface area contributed by atoms with E-state index in [1.165, 1.54) is 25.1 Å². The van der Waals surface area contributed by atoms with Crippen molar-refractivity contribution in [2.75, 3.05) is 0 Å².